The Morgan fingerprint density at radius 2 is 1.97 bits per heavy atom. The van der Waals surface area contributed by atoms with E-state index in [4.69, 9.17) is 38.9 Å². The predicted octanol–water partition coefficient (Wildman–Crippen LogP) is 2.38. The Labute approximate surface area is 177 Å². The number of amides is 1. The molecule has 1 aromatic carbocycles. The molecule has 0 radical (unpaired) electrons. The molecule has 0 atom stereocenters. The van der Waals surface area contributed by atoms with Gasteiger partial charge in [0, 0.05) is 7.05 Å². The van der Waals surface area contributed by atoms with E-state index in [9.17, 15) is 9.59 Å². The standard InChI is InChI=1S/C16H10Cl2N8O4/c1-26-6-23-11-13(26)21-5-22-14(11)29-12-8(17)2-7(3-9(12)18)24-25-10(4-19)15(27)30-16(20)28/h2-3,5-6,24H,1H3,(H2,20,28). The van der Waals surface area contributed by atoms with Crippen molar-refractivity contribution >= 4 is 57.8 Å². The van der Waals surface area contributed by atoms with Crippen molar-refractivity contribution in [2.24, 2.45) is 17.9 Å². The monoisotopic (exact) mass is 448 g/mol. The number of primary amides is 1. The molecule has 0 aliphatic rings. The summed E-state index contributed by atoms with van der Waals surface area (Å²) in [5, 5.41) is 12.6. The smallest absolute Gasteiger partial charge is 0.412 e. The van der Waals surface area contributed by atoms with Gasteiger partial charge in [0.2, 0.25) is 5.71 Å². The first-order valence-electron chi connectivity index (χ1n) is 7.84. The minimum atomic E-state index is -1.37. The van der Waals surface area contributed by atoms with Gasteiger partial charge in [0.1, 0.15) is 12.4 Å². The molecule has 12 nitrogen and oxygen atoms in total. The summed E-state index contributed by atoms with van der Waals surface area (Å²) in [6, 6.07) is 4.21. The third-order valence-corrected chi connectivity index (χ3v) is 4.01. The van der Waals surface area contributed by atoms with E-state index >= 15 is 0 Å². The molecule has 152 valence electrons. The molecule has 0 unspecified atom stereocenters. The van der Waals surface area contributed by atoms with E-state index in [0.717, 1.165) is 0 Å². The van der Waals surface area contributed by atoms with Crippen molar-refractivity contribution < 1.29 is 19.1 Å². The number of esters is 1. The first kappa shape index (κ1) is 20.8. The number of fused-ring (bicyclic) bond motifs is 1. The predicted molar refractivity (Wildman–Crippen MR) is 105 cm³/mol. The van der Waals surface area contributed by atoms with Crippen molar-refractivity contribution in [3.8, 4) is 17.7 Å². The van der Waals surface area contributed by atoms with Gasteiger partial charge in [0.25, 0.3) is 5.88 Å². The molecule has 3 N–H and O–H groups in total. The normalized spacial score (nSPS) is 11.1. The van der Waals surface area contributed by atoms with Gasteiger partial charge in [-0.15, -0.1) is 0 Å². The van der Waals surface area contributed by atoms with Crippen molar-refractivity contribution in [2.75, 3.05) is 5.43 Å². The summed E-state index contributed by atoms with van der Waals surface area (Å²) in [6.45, 7) is 0. The highest BCUT2D eigenvalue weighted by Gasteiger charge is 2.18. The lowest BCUT2D eigenvalue weighted by atomic mass is 10.3. The summed E-state index contributed by atoms with van der Waals surface area (Å²) >= 11 is 12.5. The molecule has 1 amide bonds. The number of halogens is 2. The van der Waals surface area contributed by atoms with Crippen LogP contribution in [0.3, 0.4) is 0 Å². The number of hydrogen-bond acceptors (Lipinski definition) is 10. The lowest BCUT2D eigenvalue weighted by Crippen LogP contribution is -2.24. The van der Waals surface area contributed by atoms with E-state index in [0.29, 0.717) is 11.2 Å². The largest absolute Gasteiger partial charge is 0.434 e. The van der Waals surface area contributed by atoms with E-state index in [-0.39, 0.29) is 27.4 Å². The van der Waals surface area contributed by atoms with Gasteiger partial charge in [-0.05, 0) is 12.1 Å². The van der Waals surface area contributed by atoms with Crippen molar-refractivity contribution in [1.29, 1.82) is 5.26 Å². The molecule has 0 bridgehead atoms. The van der Waals surface area contributed by atoms with Crippen LogP contribution in [0.4, 0.5) is 10.5 Å². The highest BCUT2D eigenvalue weighted by atomic mass is 35.5. The fourth-order valence-corrected chi connectivity index (χ4v) is 2.76. The van der Waals surface area contributed by atoms with Gasteiger partial charge in [0.05, 0.1) is 22.1 Å². The van der Waals surface area contributed by atoms with E-state index in [1.165, 1.54) is 24.5 Å². The molecule has 0 aliphatic carbocycles. The second kappa shape index (κ2) is 8.60. The molecular weight excluding hydrogens is 439 g/mol. The molecule has 2 aromatic heterocycles. The van der Waals surface area contributed by atoms with Gasteiger partial charge >= 0.3 is 12.1 Å². The lowest BCUT2D eigenvalue weighted by Gasteiger charge is -2.11. The third kappa shape index (κ3) is 4.37. The fourth-order valence-electron chi connectivity index (χ4n) is 2.19. The number of aryl methyl sites for hydroxylation is 1. The zero-order valence-electron chi connectivity index (χ0n) is 15.0. The SMILES string of the molecule is Cn1cnc2c(Oc3c(Cl)cc(NN=C(C#N)C(=O)OC(N)=O)cc3Cl)ncnc21. The maximum absolute atomic E-state index is 11.5. The Morgan fingerprint density at radius 3 is 2.60 bits per heavy atom. The number of imidazole rings is 1. The average Bonchev–Trinajstić information content (AvgIpc) is 3.06. The average molecular weight is 449 g/mol. The van der Waals surface area contributed by atoms with E-state index in [1.807, 2.05) is 0 Å². The van der Waals surface area contributed by atoms with Crippen LogP contribution in [0.15, 0.2) is 29.9 Å². The van der Waals surface area contributed by atoms with E-state index < -0.39 is 17.8 Å². The van der Waals surface area contributed by atoms with Gasteiger partial charge in [0.15, 0.2) is 16.9 Å². The number of ether oxygens (including phenoxy) is 2. The molecule has 0 saturated heterocycles. The lowest BCUT2D eigenvalue weighted by molar-refractivity contribution is -0.129. The number of benzene rings is 1. The highest BCUT2D eigenvalue weighted by Crippen LogP contribution is 2.39. The van der Waals surface area contributed by atoms with Crippen LogP contribution in [-0.4, -0.2) is 37.3 Å². The van der Waals surface area contributed by atoms with Gasteiger partial charge in [-0.1, -0.05) is 23.2 Å². The first-order valence-corrected chi connectivity index (χ1v) is 8.60. The molecule has 3 aromatic rings. The van der Waals surface area contributed by atoms with Crippen molar-refractivity contribution in [1.82, 2.24) is 19.5 Å². The summed E-state index contributed by atoms with van der Waals surface area (Å²) in [6.07, 6.45) is 1.49. The Kier molecular flexibility index (Phi) is 5.95. The van der Waals surface area contributed by atoms with E-state index in [1.54, 1.807) is 17.9 Å². The van der Waals surface area contributed by atoms with Gasteiger partial charge in [-0.25, -0.2) is 19.6 Å². The van der Waals surface area contributed by atoms with E-state index in [2.05, 4.69) is 30.2 Å². The van der Waals surface area contributed by atoms with Crippen LogP contribution in [-0.2, 0) is 16.6 Å². The second-order valence-electron chi connectivity index (χ2n) is 5.47. The number of nitrogens with one attached hydrogen (secondary N) is 1. The third-order valence-electron chi connectivity index (χ3n) is 3.45. The number of rotatable bonds is 5. The molecule has 0 saturated carbocycles. The number of nitrogens with two attached hydrogens (primary N) is 1. The van der Waals surface area contributed by atoms with Crippen LogP contribution >= 0.6 is 23.2 Å². The van der Waals surface area contributed by atoms with Crippen LogP contribution in [0.2, 0.25) is 10.0 Å². The van der Waals surface area contributed by atoms with Crippen LogP contribution in [0.1, 0.15) is 0 Å². The number of carbonyl (C=O) groups excluding carboxylic acids is 2. The molecule has 3 rings (SSSR count). The number of anilines is 1. The summed E-state index contributed by atoms with van der Waals surface area (Å²) < 4.78 is 11.5. The van der Waals surface area contributed by atoms with Gasteiger partial charge in [-0.3, -0.25) is 5.43 Å². The zero-order valence-corrected chi connectivity index (χ0v) is 16.5. The van der Waals surface area contributed by atoms with Crippen LogP contribution in [0, 0.1) is 11.3 Å². The topological polar surface area (TPSA) is 170 Å². The van der Waals surface area contributed by atoms with Crippen LogP contribution < -0.4 is 15.9 Å². The Morgan fingerprint density at radius 1 is 1.27 bits per heavy atom. The Hall–Kier alpha value is -3.95. The van der Waals surface area contributed by atoms with Crippen molar-refractivity contribution in [3.63, 3.8) is 0 Å². The van der Waals surface area contributed by atoms with Crippen molar-refractivity contribution in [2.45, 2.75) is 0 Å². The van der Waals surface area contributed by atoms with Crippen molar-refractivity contribution in [3.05, 3.63) is 34.8 Å². The molecule has 30 heavy (non-hydrogen) atoms. The number of nitriles is 1. The fraction of sp³-hybridized carbons (Fsp3) is 0.0625. The highest BCUT2D eigenvalue weighted by molar-refractivity contribution is 6.44. The van der Waals surface area contributed by atoms with Gasteiger partial charge in [-0.2, -0.15) is 15.3 Å². The molecule has 2 heterocycles. The quantitative estimate of drug-likeness (QED) is 0.257. The molecule has 0 aliphatic heterocycles. The number of carbonyl (C=O) groups is 2. The minimum absolute atomic E-state index is 0.0705. The van der Waals surface area contributed by atoms with Crippen LogP contribution in [0.25, 0.3) is 11.2 Å². The number of aromatic nitrogens is 4. The van der Waals surface area contributed by atoms with Gasteiger partial charge < -0.3 is 19.8 Å². The number of hydrogen-bond donors (Lipinski definition) is 2. The molecule has 0 fully saturated rings. The number of nitrogens with zero attached hydrogens (tertiary/aromatic N) is 6. The molecule has 14 heteroatoms. The summed E-state index contributed by atoms with van der Waals surface area (Å²) in [5.41, 5.74) is 7.54. The Bertz CT molecular complexity index is 1210. The summed E-state index contributed by atoms with van der Waals surface area (Å²) in [7, 11) is 1.77. The first-order chi connectivity index (χ1) is 14.3. The number of hydrazone groups is 1. The molecular formula is C16H10Cl2N8O4. The maximum atomic E-state index is 11.5. The minimum Gasteiger partial charge on any atom is -0.434 e. The maximum Gasteiger partial charge on any atom is 0.412 e. The second-order valence-corrected chi connectivity index (χ2v) is 6.28. The summed E-state index contributed by atoms with van der Waals surface area (Å²) in [5.74, 6) is -1.09. The summed E-state index contributed by atoms with van der Waals surface area (Å²) in [4.78, 5) is 34.4. The Balaban J connectivity index is 1.85. The van der Waals surface area contributed by atoms with Crippen LogP contribution in [0.5, 0.6) is 11.6 Å². The zero-order chi connectivity index (χ0) is 21.8. The molecule has 0 spiro atoms.